The summed E-state index contributed by atoms with van der Waals surface area (Å²) in [4.78, 5) is 59.1. The second-order valence-electron chi connectivity index (χ2n) is 10.5. The van der Waals surface area contributed by atoms with E-state index in [2.05, 4.69) is 20.6 Å². The van der Waals surface area contributed by atoms with Crippen molar-refractivity contribution < 1.29 is 24.3 Å². The third kappa shape index (κ3) is 4.94. The molecule has 3 heterocycles. The number of aliphatic carboxylic acids is 1. The number of imidazole rings is 1. The average Bonchev–Trinajstić information content (AvgIpc) is 3.45. The number of aromatic nitrogens is 3. The average molecular weight is 520 g/mol. The Bertz CT molecular complexity index is 1360. The number of fused-ring (bicyclic) bond motifs is 1. The number of carboxylic acid groups (broad SMARTS) is 1. The maximum atomic E-state index is 13.6. The van der Waals surface area contributed by atoms with E-state index in [1.54, 1.807) is 0 Å². The monoisotopic (exact) mass is 519 g/mol. The van der Waals surface area contributed by atoms with Gasteiger partial charge in [-0.25, -0.2) is 4.98 Å². The number of benzene rings is 1. The first kappa shape index (κ1) is 25.7. The summed E-state index contributed by atoms with van der Waals surface area (Å²) in [6.45, 7) is 4.10. The van der Waals surface area contributed by atoms with Crippen molar-refractivity contribution in [3.8, 4) is 0 Å². The largest absolute Gasteiger partial charge is 0.481 e. The molecule has 0 bridgehead atoms. The molecule has 4 N–H and O–H groups in total. The Morgan fingerprint density at radius 1 is 1.24 bits per heavy atom. The van der Waals surface area contributed by atoms with Crippen molar-refractivity contribution in [3.63, 3.8) is 0 Å². The lowest BCUT2D eigenvalue weighted by Crippen LogP contribution is -2.55. The van der Waals surface area contributed by atoms with Crippen LogP contribution >= 0.6 is 0 Å². The van der Waals surface area contributed by atoms with E-state index in [-0.39, 0.29) is 42.9 Å². The number of nitrogens with zero attached hydrogens (tertiary/aromatic N) is 2. The minimum absolute atomic E-state index is 0.00683. The van der Waals surface area contributed by atoms with Crippen molar-refractivity contribution in [1.29, 1.82) is 0 Å². The van der Waals surface area contributed by atoms with Gasteiger partial charge >= 0.3 is 5.97 Å². The molecule has 38 heavy (non-hydrogen) atoms. The number of carbonyl (C=O) groups excluding carboxylic acids is 3. The van der Waals surface area contributed by atoms with Crippen LogP contribution in [0.1, 0.15) is 56.1 Å². The van der Waals surface area contributed by atoms with E-state index in [1.807, 2.05) is 54.9 Å². The van der Waals surface area contributed by atoms with Gasteiger partial charge in [-0.1, -0.05) is 32.4 Å². The quantitative estimate of drug-likeness (QED) is 0.359. The van der Waals surface area contributed by atoms with Crippen molar-refractivity contribution in [2.45, 2.75) is 70.5 Å². The van der Waals surface area contributed by atoms with Gasteiger partial charge in [-0.2, -0.15) is 0 Å². The summed E-state index contributed by atoms with van der Waals surface area (Å²) in [5, 5.41) is 15.6. The van der Waals surface area contributed by atoms with Gasteiger partial charge in [0.25, 0.3) is 0 Å². The van der Waals surface area contributed by atoms with Gasteiger partial charge in [-0.3, -0.25) is 19.2 Å². The number of hydrogen-bond donors (Lipinski definition) is 4. The fourth-order valence-corrected chi connectivity index (χ4v) is 5.76. The first-order chi connectivity index (χ1) is 18.2. The fourth-order valence-electron chi connectivity index (χ4n) is 5.76. The first-order valence-corrected chi connectivity index (χ1v) is 13.2. The number of carbonyl (C=O) groups is 4. The zero-order chi connectivity index (χ0) is 27.0. The molecule has 0 saturated heterocycles. The van der Waals surface area contributed by atoms with Crippen LogP contribution in [0.25, 0.3) is 11.0 Å². The van der Waals surface area contributed by atoms with Gasteiger partial charge in [0.2, 0.25) is 11.8 Å². The van der Waals surface area contributed by atoms with Crippen molar-refractivity contribution in [1.82, 2.24) is 25.2 Å². The molecule has 200 valence electrons. The Morgan fingerprint density at radius 2 is 2.03 bits per heavy atom. The van der Waals surface area contributed by atoms with E-state index < -0.39 is 29.9 Å². The Hall–Kier alpha value is -3.95. The predicted octanol–water partition coefficient (Wildman–Crippen LogP) is 2.33. The van der Waals surface area contributed by atoms with Gasteiger partial charge in [0.05, 0.1) is 29.3 Å². The Morgan fingerprint density at radius 3 is 2.76 bits per heavy atom. The Labute approximate surface area is 220 Å². The summed E-state index contributed by atoms with van der Waals surface area (Å²) in [5.41, 5.74) is 3.44. The smallest absolute Gasteiger partial charge is 0.308 e. The SMILES string of the molecule is CCC(C)C(NC(=O)Cc1nc2ccccc2[nH]1)C(=O)N[C@H]1CCc2ccn3c2C1C(=O)C[C@H](C(=O)O)C3. The van der Waals surface area contributed by atoms with Crippen LogP contribution in [0.4, 0.5) is 0 Å². The molecule has 3 unspecified atom stereocenters. The predicted molar refractivity (Wildman–Crippen MR) is 139 cm³/mol. The lowest BCUT2D eigenvalue weighted by atomic mass is 9.79. The second-order valence-corrected chi connectivity index (χ2v) is 10.5. The number of hydrogen-bond acceptors (Lipinski definition) is 5. The van der Waals surface area contributed by atoms with Gasteiger partial charge in [0.1, 0.15) is 17.6 Å². The fraction of sp³-hybridized carbons (Fsp3) is 0.464. The molecule has 0 saturated carbocycles. The highest BCUT2D eigenvalue weighted by Gasteiger charge is 2.43. The van der Waals surface area contributed by atoms with Crippen LogP contribution in [0.3, 0.4) is 0 Å². The normalized spacial score (nSPS) is 22.3. The molecule has 3 aromatic rings. The molecule has 1 aliphatic heterocycles. The standard InChI is InChI=1S/C28H33N5O5/c1-3-15(2)25(32-23(35)13-22-29-18-6-4-5-7-19(18)30-22)27(36)31-20-9-8-16-10-11-33-14-17(28(37)38)12-21(34)24(20)26(16)33/h4-7,10-11,15,17,20,24-25H,3,8-9,12-14H2,1-2H3,(H,29,30)(H,31,36)(H,32,35)(H,37,38)/t15?,17-,20-,24?,25?/m0/s1. The van der Waals surface area contributed by atoms with Crippen molar-refractivity contribution in [3.05, 3.63) is 53.6 Å². The van der Waals surface area contributed by atoms with Crippen LogP contribution < -0.4 is 10.6 Å². The number of rotatable bonds is 8. The van der Waals surface area contributed by atoms with Gasteiger partial charge < -0.3 is 25.3 Å². The van der Waals surface area contributed by atoms with E-state index in [9.17, 15) is 24.3 Å². The molecule has 1 aromatic carbocycles. The number of aryl methyl sites for hydroxylation is 1. The van der Waals surface area contributed by atoms with Gasteiger partial charge in [-0.05, 0) is 42.5 Å². The molecule has 0 fully saturated rings. The second kappa shape index (κ2) is 10.4. The Balaban J connectivity index is 1.32. The molecule has 0 radical (unpaired) electrons. The van der Waals surface area contributed by atoms with Gasteiger partial charge in [0.15, 0.2) is 0 Å². The number of Topliss-reactive ketones (excluding diaryl/α,β-unsaturated/α-hetero) is 1. The topological polar surface area (TPSA) is 146 Å². The highest BCUT2D eigenvalue weighted by Crippen LogP contribution is 2.38. The van der Waals surface area contributed by atoms with E-state index >= 15 is 0 Å². The first-order valence-electron chi connectivity index (χ1n) is 13.2. The third-order valence-electron chi connectivity index (χ3n) is 7.98. The molecular weight excluding hydrogens is 486 g/mol. The van der Waals surface area contributed by atoms with Crippen molar-refractivity contribution >= 4 is 34.6 Å². The van der Waals surface area contributed by atoms with Crippen LogP contribution in [0.2, 0.25) is 0 Å². The number of amides is 2. The zero-order valence-electron chi connectivity index (χ0n) is 21.6. The molecule has 1 aliphatic carbocycles. The van der Waals surface area contributed by atoms with Gasteiger partial charge in [0, 0.05) is 30.9 Å². The highest BCUT2D eigenvalue weighted by atomic mass is 16.4. The highest BCUT2D eigenvalue weighted by molar-refractivity contribution is 5.93. The number of H-pyrrole nitrogens is 1. The summed E-state index contributed by atoms with van der Waals surface area (Å²) >= 11 is 0. The number of aromatic amines is 1. The van der Waals surface area contributed by atoms with Crippen molar-refractivity contribution in [2.75, 3.05) is 0 Å². The molecule has 10 heteroatoms. The van der Waals surface area contributed by atoms with Crippen LogP contribution in [0.5, 0.6) is 0 Å². The molecule has 5 atom stereocenters. The number of carboxylic acids is 1. The maximum absolute atomic E-state index is 13.6. The molecular formula is C28H33N5O5. The third-order valence-corrected chi connectivity index (χ3v) is 7.98. The van der Waals surface area contributed by atoms with Crippen LogP contribution in [-0.2, 0) is 38.6 Å². The molecule has 5 rings (SSSR count). The van der Waals surface area contributed by atoms with Crippen LogP contribution in [0, 0.1) is 11.8 Å². The van der Waals surface area contributed by atoms with E-state index in [1.165, 1.54) is 0 Å². The lowest BCUT2D eigenvalue weighted by molar-refractivity contribution is -0.144. The molecule has 2 aromatic heterocycles. The molecule has 2 aliphatic rings. The number of para-hydroxylation sites is 2. The summed E-state index contributed by atoms with van der Waals surface area (Å²) in [7, 11) is 0. The lowest BCUT2D eigenvalue weighted by Gasteiger charge is -2.34. The van der Waals surface area contributed by atoms with E-state index in [4.69, 9.17) is 0 Å². The summed E-state index contributed by atoms with van der Waals surface area (Å²) in [6.07, 6.45) is 3.70. The number of nitrogens with one attached hydrogen (secondary N) is 3. The molecule has 0 spiro atoms. The summed E-state index contributed by atoms with van der Waals surface area (Å²) < 4.78 is 1.86. The van der Waals surface area contributed by atoms with Crippen LogP contribution in [-0.4, -0.2) is 55.3 Å². The minimum Gasteiger partial charge on any atom is -0.481 e. The van der Waals surface area contributed by atoms with Crippen LogP contribution in [0.15, 0.2) is 36.5 Å². The van der Waals surface area contributed by atoms with E-state index in [0.717, 1.165) is 22.3 Å². The maximum Gasteiger partial charge on any atom is 0.308 e. The number of ketones is 1. The van der Waals surface area contributed by atoms with E-state index in [0.29, 0.717) is 25.1 Å². The van der Waals surface area contributed by atoms with Crippen molar-refractivity contribution in [2.24, 2.45) is 11.8 Å². The summed E-state index contributed by atoms with van der Waals surface area (Å²) in [6, 6.07) is 8.21. The summed E-state index contributed by atoms with van der Waals surface area (Å²) in [5.74, 6) is -2.85. The minimum atomic E-state index is -0.996. The molecule has 10 nitrogen and oxygen atoms in total. The van der Waals surface area contributed by atoms with Gasteiger partial charge in [-0.15, -0.1) is 0 Å². The Kier molecular flexibility index (Phi) is 7.05. The molecule has 2 amide bonds. The zero-order valence-corrected chi connectivity index (χ0v) is 21.6.